The van der Waals surface area contributed by atoms with Crippen LogP contribution in [0.25, 0.3) is 0 Å². The number of hydrogen-bond acceptors (Lipinski definition) is 4. The Balaban J connectivity index is 1.67. The molecule has 0 saturated carbocycles. The van der Waals surface area contributed by atoms with Gasteiger partial charge < -0.3 is 10.1 Å². The third-order valence-electron chi connectivity index (χ3n) is 3.01. The van der Waals surface area contributed by atoms with Gasteiger partial charge in [0.15, 0.2) is 0 Å². The average molecular weight is 311 g/mol. The molecular formula is C14H15ClN2O4. The van der Waals surface area contributed by atoms with Gasteiger partial charge in [0.2, 0.25) is 5.91 Å². The Morgan fingerprint density at radius 3 is 2.62 bits per heavy atom. The number of amides is 3. The number of nitrogens with zero attached hydrogens (tertiary/aromatic N) is 1. The average Bonchev–Trinajstić information content (AvgIpc) is 2.78. The Bertz CT molecular complexity index is 528. The minimum absolute atomic E-state index is 0.0276. The number of imide groups is 1. The molecule has 1 aromatic rings. The molecule has 3 amide bonds. The maximum Gasteiger partial charge on any atom is 0.324 e. The summed E-state index contributed by atoms with van der Waals surface area (Å²) in [5.41, 5.74) is 0.849. The Kier molecular flexibility index (Phi) is 5.16. The summed E-state index contributed by atoms with van der Waals surface area (Å²) in [6.07, 6.45) is 0.545. The van der Waals surface area contributed by atoms with Crippen molar-refractivity contribution in [2.75, 3.05) is 13.1 Å². The minimum atomic E-state index is -0.408. The van der Waals surface area contributed by atoms with Crippen molar-refractivity contribution >= 4 is 29.5 Å². The summed E-state index contributed by atoms with van der Waals surface area (Å²) in [6.45, 7) is 0.430. The van der Waals surface area contributed by atoms with Crippen LogP contribution in [0.15, 0.2) is 24.3 Å². The Labute approximate surface area is 127 Å². The molecule has 0 unspecified atom stereocenters. The van der Waals surface area contributed by atoms with Crippen molar-refractivity contribution in [2.45, 2.75) is 19.4 Å². The van der Waals surface area contributed by atoms with Crippen LogP contribution in [0.5, 0.6) is 0 Å². The number of nitrogens with one attached hydrogen (secondary N) is 1. The summed E-state index contributed by atoms with van der Waals surface area (Å²) < 4.78 is 5.10. The van der Waals surface area contributed by atoms with E-state index in [1.807, 2.05) is 0 Å². The summed E-state index contributed by atoms with van der Waals surface area (Å²) in [4.78, 5) is 35.3. The number of carbonyl (C=O) groups is 3. The Morgan fingerprint density at radius 1 is 1.29 bits per heavy atom. The molecule has 0 bridgehead atoms. The number of ether oxygens (including phenoxy) is 1. The molecule has 112 valence electrons. The second-order valence-corrected chi connectivity index (χ2v) is 5.03. The van der Waals surface area contributed by atoms with Crippen molar-refractivity contribution in [3.05, 3.63) is 34.9 Å². The molecule has 7 heteroatoms. The standard InChI is InChI=1S/C14H15ClN2O4/c15-11-5-3-10(4-6-11)9-21-13(19)2-1-7-17-12(18)8-16-14(17)20/h3-6H,1-2,7-9H2,(H,16,20). The number of rotatable bonds is 6. The van der Waals surface area contributed by atoms with Crippen molar-refractivity contribution in [1.82, 2.24) is 10.2 Å². The third-order valence-corrected chi connectivity index (χ3v) is 3.26. The van der Waals surface area contributed by atoms with Crippen molar-refractivity contribution in [3.63, 3.8) is 0 Å². The van der Waals surface area contributed by atoms with E-state index in [4.69, 9.17) is 16.3 Å². The lowest BCUT2D eigenvalue weighted by Crippen LogP contribution is -2.32. The molecule has 0 atom stereocenters. The van der Waals surface area contributed by atoms with E-state index in [-0.39, 0.29) is 38.0 Å². The summed E-state index contributed by atoms with van der Waals surface area (Å²) in [5, 5.41) is 3.04. The maximum atomic E-state index is 11.6. The largest absolute Gasteiger partial charge is 0.461 e. The van der Waals surface area contributed by atoms with E-state index in [9.17, 15) is 14.4 Å². The van der Waals surface area contributed by atoms with Crippen molar-refractivity contribution < 1.29 is 19.1 Å². The number of esters is 1. The third kappa shape index (κ3) is 4.46. The van der Waals surface area contributed by atoms with Crippen molar-refractivity contribution in [3.8, 4) is 0 Å². The molecule has 0 aromatic heterocycles. The van der Waals surface area contributed by atoms with E-state index in [1.165, 1.54) is 0 Å². The summed E-state index contributed by atoms with van der Waals surface area (Å²) in [7, 11) is 0. The van der Waals surface area contributed by atoms with Gasteiger partial charge in [-0.2, -0.15) is 0 Å². The molecule has 1 saturated heterocycles. The highest BCUT2D eigenvalue weighted by atomic mass is 35.5. The monoisotopic (exact) mass is 310 g/mol. The number of carbonyl (C=O) groups excluding carboxylic acids is 3. The minimum Gasteiger partial charge on any atom is -0.461 e. The van der Waals surface area contributed by atoms with Gasteiger partial charge in [-0.1, -0.05) is 23.7 Å². The quantitative estimate of drug-likeness (QED) is 0.641. The molecule has 2 rings (SSSR count). The molecule has 21 heavy (non-hydrogen) atoms. The van der Waals surface area contributed by atoms with Crippen LogP contribution in [0.4, 0.5) is 4.79 Å². The molecule has 0 aliphatic carbocycles. The lowest BCUT2D eigenvalue weighted by molar-refractivity contribution is -0.145. The highest BCUT2D eigenvalue weighted by Crippen LogP contribution is 2.11. The summed E-state index contributed by atoms with van der Waals surface area (Å²) in [6, 6.07) is 6.60. The fourth-order valence-electron chi connectivity index (χ4n) is 1.88. The highest BCUT2D eigenvalue weighted by molar-refractivity contribution is 6.30. The second-order valence-electron chi connectivity index (χ2n) is 4.59. The Hall–Kier alpha value is -2.08. The lowest BCUT2D eigenvalue weighted by atomic mass is 10.2. The van der Waals surface area contributed by atoms with E-state index >= 15 is 0 Å². The first-order chi connectivity index (χ1) is 10.1. The predicted octanol–water partition coefficient (Wildman–Crippen LogP) is 1.72. The first-order valence-corrected chi connectivity index (χ1v) is 6.92. The summed E-state index contributed by atoms with van der Waals surface area (Å²) >= 11 is 5.76. The Morgan fingerprint density at radius 2 is 2.00 bits per heavy atom. The SMILES string of the molecule is O=C(CCCN1C(=O)CNC1=O)OCc1ccc(Cl)cc1. The van der Waals surface area contributed by atoms with Crippen molar-refractivity contribution in [2.24, 2.45) is 0 Å². The molecule has 1 aromatic carbocycles. The van der Waals surface area contributed by atoms with E-state index in [2.05, 4.69) is 5.32 Å². The van der Waals surface area contributed by atoms with E-state index < -0.39 is 6.03 Å². The van der Waals surface area contributed by atoms with Gasteiger partial charge in [0.05, 0.1) is 6.54 Å². The molecule has 1 aliphatic heterocycles. The number of urea groups is 1. The second kappa shape index (κ2) is 7.08. The smallest absolute Gasteiger partial charge is 0.324 e. The van der Waals surface area contributed by atoms with Gasteiger partial charge in [0.25, 0.3) is 0 Å². The lowest BCUT2D eigenvalue weighted by Gasteiger charge is -2.11. The fourth-order valence-corrected chi connectivity index (χ4v) is 2.01. The predicted molar refractivity (Wildman–Crippen MR) is 75.6 cm³/mol. The fraction of sp³-hybridized carbons (Fsp3) is 0.357. The van der Waals surface area contributed by atoms with Gasteiger partial charge in [0, 0.05) is 18.0 Å². The van der Waals surface area contributed by atoms with Crippen LogP contribution in [0.1, 0.15) is 18.4 Å². The summed E-state index contributed by atoms with van der Waals surface area (Å²) in [5.74, 6) is -0.633. The van der Waals surface area contributed by atoms with Crippen LogP contribution in [-0.2, 0) is 20.9 Å². The van der Waals surface area contributed by atoms with Gasteiger partial charge in [-0.3, -0.25) is 14.5 Å². The highest BCUT2D eigenvalue weighted by Gasteiger charge is 2.27. The molecule has 1 heterocycles. The van der Waals surface area contributed by atoms with Crippen LogP contribution in [0.2, 0.25) is 5.02 Å². The van der Waals surface area contributed by atoms with E-state index in [0.29, 0.717) is 11.4 Å². The van der Waals surface area contributed by atoms with Gasteiger partial charge in [-0.15, -0.1) is 0 Å². The van der Waals surface area contributed by atoms with Crippen LogP contribution in [0.3, 0.4) is 0 Å². The van der Waals surface area contributed by atoms with Gasteiger partial charge in [0.1, 0.15) is 6.61 Å². The van der Waals surface area contributed by atoms with Crippen LogP contribution in [-0.4, -0.2) is 35.9 Å². The molecule has 1 aliphatic rings. The normalized spacial score (nSPS) is 14.2. The number of benzene rings is 1. The topological polar surface area (TPSA) is 75.7 Å². The van der Waals surface area contributed by atoms with Gasteiger partial charge >= 0.3 is 12.0 Å². The molecule has 6 nitrogen and oxygen atoms in total. The molecule has 0 spiro atoms. The van der Waals surface area contributed by atoms with Gasteiger partial charge in [-0.05, 0) is 24.1 Å². The number of halogens is 1. The van der Waals surface area contributed by atoms with Crippen LogP contribution in [0, 0.1) is 0 Å². The van der Waals surface area contributed by atoms with E-state index in [0.717, 1.165) is 10.5 Å². The molecular weight excluding hydrogens is 296 g/mol. The van der Waals surface area contributed by atoms with Crippen LogP contribution < -0.4 is 5.32 Å². The zero-order chi connectivity index (χ0) is 15.2. The maximum absolute atomic E-state index is 11.6. The van der Waals surface area contributed by atoms with Crippen LogP contribution >= 0.6 is 11.6 Å². The molecule has 0 radical (unpaired) electrons. The van der Waals surface area contributed by atoms with E-state index in [1.54, 1.807) is 24.3 Å². The first-order valence-electron chi connectivity index (χ1n) is 6.54. The zero-order valence-electron chi connectivity index (χ0n) is 11.3. The van der Waals surface area contributed by atoms with Gasteiger partial charge in [-0.25, -0.2) is 4.79 Å². The molecule has 1 N–H and O–H groups in total. The zero-order valence-corrected chi connectivity index (χ0v) is 12.1. The van der Waals surface area contributed by atoms with Crippen molar-refractivity contribution in [1.29, 1.82) is 0 Å². The number of hydrogen-bond donors (Lipinski definition) is 1. The first kappa shape index (κ1) is 15.3. The molecule has 1 fully saturated rings.